The quantitative estimate of drug-likeness (QED) is 0.762. The Morgan fingerprint density at radius 3 is 2.71 bits per heavy atom. The molecule has 0 saturated carbocycles. The molecule has 1 aromatic heterocycles. The maximum absolute atomic E-state index is 5.80. The van der Waals surface area contributed by atoms with Crippen LogP contribution in [0.5, 0.6) is 0 Å². The van der Waals surface area contributed by atoms with E-state index in [-0.39, 0.29) is 0 Å². The lowest BCUT2D eigenvalue weighted by Gasteiger charge is -2.29. The zero-order chi connectivity index (χ0) is 11.7. The molecular formula is C14H17N3. The van der Waals surface area contributed by atoms with Crippen LogP contribution in [0.15, 0.2) is 30.5 Å². The van der Waals surface area contributed by atoms with E-state index in [0.29, 0.717) is 0 Å². The van der Waals surface area contributed by atoms with Crippen molar-refractivity contribution in [1.82, 2.24) is 4.98 Å². The maximum Gasteiger partial charge on any atom is 0.0743 e. The van der Waals surface area contributed by atoms with E-state index in [1.54, 1.807) is 0 Å². The van der Waals surface area contributed by atoms with Gasteiger partial charge in [0.1, 0.15) is 0 Å². The van der Waals surface area contributed by atoms with Gasteiger partial charge in [0.05, 0.1) is 5.52 Å². The molecule has 88 valence electrons. The Morgan fingerprint density at radius 1 is 1.06 bits per heavy atom. The van der Waals surface area contributed by atoms with Crippen molar-refractivity contribution in [2.75, 3.05) is 23.7 Å². The summed E-state index contributed by atoms with van der Waals surface area (Å²) in [5, 5.41) is 1.21. The minimum absolute atomic E-state index is 0.779. The van der Waals surface area contributed by atoms with Crippen molar-refractivity contribution in [2.24, 2.45) is 0 Å². The van der Waals surface area contributed by atoms with Gasteiger partial charge < -0.3 is 10.6 Å². The number of nitrogens with two attached hydrogens (primary N) is 1. The second-order valence-electron chi connectivity index (χ2n) is 4.65. The summed E-state index contributed by atoms with van der Waals surface area (Å²) >= 11 is 0. The van der Waals surface area contributed by atoms with E-state index in [1.807, 2.05) is 18.3 Å². The molecule has 0 atom stereocenters. The molecule has 1 aromatic carbocycles. The molecule has 3 nitrogen and oxygen atoms in total. The second-order valence-corrected chi connectivity index (χ2v) is 4.65. The number of piperidine rings is 1. The number of rotatable bonds is 1. The number of aromatic nitrogens is 1. The standard InChI is InChI=1S/C14H17N3/c15-11-4-5-12-13(10-11)16-7-6-14(12)17-8-2-1-3-9-17/h4-7,10H,1-3,8-9,15H2. The monoisotopic (exact) mass is 227 g/mol. The number of hydrogen-bond donors (Lipinski definition) is 1. The highest BCUT2D eigenvalue weighted by atomic mass is 15.1. The number of nitrogens with zero attached hydrogens (tertiary/aromatic N) is 2. The summed E-state index contributed by atoms with van der Waals surface area (Å²) < 4.78 is 0. The first-order valence-corrected chi connectivity index (χ1v) is 6.24. The van der Waals surface area contributed by atoms with Crippen molar-refractivity contribution in [1.29, 1.82) is 0 Å². The minimum atomic E-state index is 0.779. The van der Waals surface area contributed by atoms with E-state index in [2.05, 4.69) is 22.0 Å². The number of fused-ring (bicyclic) bond motifs is 1. The van der Waals surface area contributed by atoms with Crippen LogP contribution in [0.2, 0.25) is 0 Å². The largest absolute Gasteiger partial charge is 0.399 e. The van der Waals surface area contributed by atoms with Gasteiger partial charge in [0.15, 0.2) is 0 Å². The third kappa shape index (κ3) is 1.93. The number of anilines is 2. The number of nitrogen functional groups attached to an aromatic ring is 1. The molecule has 0 bridgehead atoms. The van der Waals surface area contributed by atoms with E-state index in [0.717, 1.165) is 24.3 Å². The van der Waals surface area contributed by atoms with Crippen LogP contribution in [0.25, 0.3) is 10.9 Å². The molecule has 0 radical (unpaired) electrons. The third-order valence-corrected chi connectivity index (χ3v) is 3.44. The van der Waals surface area contributed by atoms with Crippen LogP contribution in [0, 0.1) is 0 Å². The molecular weight excluding hydrogens is 210 g/mol. The normalized spacial score (nSPS) is 16.4. The van der Waals surface area contributed by atoms with Crippen LogP contribution in [0.1, 0.15) is 19.3 Å². The Balaban J connectivity index is 2.09. The number of pyridine rings is 1. The van der Waals surface area contributed by atoms with Crippen LogP contribution < -0.4 is 10.6 Å². The first-order chi connectivity index (χ1) is 8.34. The molecule has 2 heterocycles. The van der Waals surface area contributed by atoms with Crippen LogP contribution >= 0.6 is 0 Å². The van der Waals surface area contributed by atoms with Crippen molar-refractivity contribution in [2.45, 2.75) is 19.3 Å². The highest BCUT2D eigenvalue weighted by Crippen LogP contribution is 2.28. The molecule has 1 fully saturated rings. The zero-order valence-electron chi connectivity index (χ0n) is 9.89. The van der Waals surface area contributed by atoms with Gasteiger partial charge in [0, 0.05) is 36.0 Å². The molecule has 0 unspecified atom stereocenters. The smallest absolute Gasteiger partial charge is 0.0743 e. The molecule has 3 heteroatoms. The van der Waals surface area contributed by atoms with Gasteiger partial charge in [-0.25, -0.2) is 0 Å². The van der Waals surface area contributed by atoms with Gasteiger partial charge in [-0.3, -0.25) is 4.98 Å². The average Bonchev–Trinajstić information content (AvgIpc) is 2.39. The fourth-order valence-electron chi connectivity index (χ4n) is 2.56. The van der Waals surface area contributed by atoms with Crippen LogP contribution in [0.4, 0.5) is 11.4 Å². The van der Waals surface area contributed by atoms with Crippen LogP contribution in [0.3, 0.4) is 0 Å². The summed E-state index contributed by atoms with van der Waals surface area (Å²) in [5.74, 6) is 0. The van der Waals surface area contributed by atoms with Crippen molar-refractivity contribution >= 4 is 22.3 Å². The van der Waals surface area contributed by atoms with Gasteiger partial charge in [-0.15, -0.1) is 0 Å². The summed E-state index contributed by atoms with van der Waals surface area (Å²) in [6.07, 6.45) is 5.82. The highest BCUT2D eigenvalue weighted by Gasteiger charge is 2.13. The minimum Gasteiger partial charge on any atom is -0.399 e. The SMILES string of the molecule is Nc1ccc2c(N3CCCCC3)ccnc2c1. The molecule has 2 N–H and O–H groups in total. The molecule has 3 rings (SSSR count). The maximum atomic E-state index is 5.80. The average molecular weight is 227 g/mol. The first-order valence-electron chi connectivity index (χ1n) is 6.24. The Morgan fingerprint density at radius 2 is 1.88 bits per heavy atom. The third-order valence-electron chi connectivity index (χ3n) is 3.44. The fraction of sp³-hybridized carbons (Fsp3) is 0.357. The fourth-order valence-corrected chi connectivity index (χ4v) is 2.56. The predicted octanol–water partition coefficient (Wildman–Crippen LogP) is 2.81. The molecule has 0 aliphatic carbocycles. The summed E-state index contributed by atoms with van der Waals surface area (Å²) in [5.41, 5.74) is 8.87. The van der Waals surface area contributed by atoms with Gasteiger partial charge in [-0.05, 0) is 43.5 Å². The Kier molecular flexibility index (Phi) is 2.59. The molecule has 0 spiro atoms. The highest BCUT2D eigenvalue weighted by molar-refractivity contribution is 5.93. The van der Waals surface area contributed by atoms with E-state index in [1.165, 1.54) is 30.3 Å². The molecule has 0 amide bonds. The molecule has 2 aromatic rings. The summed E-state index contributed by atoms with van der Waals surface area (Å²) in [7, 11) is 0. The van der Waals surface area contributed by atoms with Gasteiger partial charge in [0.25, 0.3) is 0 Å². The molecule has 1 saturated heterocycles. The summed E-state index contributed by atoms with van der Waals surface area (Å²) in [6, 6.07) is 8.10. The van der Waals surface area contributed by atoms with Gasteiger partial charge >= 0.3 is 0 Å². The zero-order valence-corrected chi connectivity index (χ0v) is 9.89. The topological polar surface area (TPSA) is 42.1 Å². The summed E-state index contributed by atoms with van der Waals surface area (Å²) in [4.78, 5) is 6.85. The van der Waals surface area contributed by atoms with Crippen LogP contribution in [-0.2, 0) is 0 Å². The Labute approximate surface area is 101 Å². The Hall–Kier alpha value is -1.77. The Bertz CT molecular complexity index is 530. The van der Waals surface area contributed by atoms with E-state index < -0.39 is 0 Å². The lowest BCUT2D eigenvalue weighted by atomic mass is 10.1. The molecule has 17 heavy (non-hydrogen) atoms. The van der Waals surface area contributed by atoms with Gasteiger partial charge in [-0.2, -0.15) is 0 Å². The van der Waals surface area contributed by atoms with Crippen molar-refractivity contribution in [3.63, 3.8) is 0 Å². The van der Waals surface area contributed by atoms with Crippen LogP contribution in [-0.4, -0.2) is 18.1 Å². The number of hydrogen-bond acceptors (Lipinski definition) is 3. The van der Waals surface area contributed by atoms with Gasteiger partial charge in [-0.1, -0.05) is 0 Å². The van der Waals surface area contributed by atoms with E-state index in [9.17, 15) is 0 Å². The first kappa shape index (κ1) is 10.4. The van der Waals surface area contributed by atoms with Gasteiger partial charge in [0.2, 0.25) is 0 Å². The molecule has 1 aliphatic heterocycles. The van der Waals surface area contributed by atoms with Crippen molar-refractivity contribution in [3.8, 4) is 0 Å². The molecule has 1 aliphatic rings. The second kappa shape index (κ2) is 4.24. The lowest BCUT2D eigenvalue weighted by Crippen LogP contribution is -2.29. The van der Waals surface area contributed by atoms with E-state index >= 15 is 0 Å². The summed E-state index contributed by atoms with van der Waals surface area (Å²) in [6.45, 7) is 2.31. The number of benzene rings is 1. The predicted molar refractivity (Wildman–Crippen MR) is 72.2 cm³/mol. The van der Waals surface area contributed by atoms with Crippen molar-refractivity contribution in [3.05, 3.63) is 30.5 Å². The van der Waals surface area contributed by atoms with E-state index in [4.69, 9.17) is 5.73 Å². The van der Waals surface area contributed by atoms with Crippen molar-refractivity contribution < 1.29 is 0 Å². The lowest BCUT2D eigenvalue weighted by molar-refractivity contribution is 0.579.